The van der Waals surface area contributed by atoms with Crippen molar-refractivity contribution < 1.29 is 22.7 Å². The molecule has 2 aliphatic rings. The first-order chi connectivity index (χ1) is 13.2. The van der Waals surface area contributed by atoms with Gasteiger partial charge in [0.1, 0.15) is 0 Å². The molecule has 2 fully saturated rings. The van der Waals surface area contributed by atoms with Gasteiger partial charge in [-0.25, -0.2) is 8.42 Å². The van der Waals surface area contributed by atoms with Crippen LogP contribution in [0.25, 0.3) is 0 Å². The number of benzene rings is 1. The number of carbonyl (C=O) groups excluding carboxylic acids is 2. The molecule has 2 heterocycles. The molecule has 1 aromatic rings. The zero-order chi connectivity index (χ0) is 20.7. The lowest BCUT2D eigenvalue weighted by atomic mass is 9.72. The van der Waals surface area contributed by atoms with Crippen LogP contribution >= 0.6 is 0 Å². The van der Waals surface area contributed by atoms with Gasteiger partial charge in [-0.3, -0.25) is 13.9 Å². The summed E-state index contributed by atoms with van der Waals surface area (Å²) in [6.07, 6.45) is 4.13. The Morgan fingerprint density at radius 1 is 1.21 bits per heavy atom. The standard InChI is InChI=1S/C20H28N2O5S/c1-5-20(19(24)27-6-2)13-16-11-12-17(20)22(16)18(23)14-7-9-15(10-8-14)21(3)28(4,25)26/h7-10,16-17H,5-6,11-13H2,1-4H3/t16-,17+,20+/m1/s1. The SMILES string of the molecule is CCOC(=O)[C@@]1(CC)C[C@H]2CC[C@@H]1N2C(=O)c1ccc(N(C)S(C)(=O)=O)cc1. The fourth-order valence-electron chi connectivity index (χ4n) is 4.66. The molecule has 0 N–H and O–H groups in total. The van der Waals surface area contributed by atoms with E-state index in [0.29, 0.717) is 30.7 Å². The van der Waals surface area contributed by atoms with E-state index in [-0.39, 0.29) is 24.0 Å². The van der Waals surface area contributed by atoms with Gasteiger partial charge in [0.05, 0.1) is 24.0 Å². The van der Waals surface area contributed by atoms with E-state index in [1.54, 1.807) is 31.2 Å². The van der Waals surface area contributed by atoms with Crippen molar-refractivity contribution in [3.63, 3.8) is 0 Å². The highest BCUT2D eigenvalue weighted by Crippen LogP contribution is 2.52. The molecule has 0 spiro atoms. The molecule has 3 atom stereocenters. The highest BCUT2D eigenvalue weighted by Gasteiger charge is 2.61. The van der Waals surface area contributed by atoms with Crippen LogP contribution in [0.15, 0.2) is 24.3 Å². The fourth-order valence-corrected chi connectivity index (χ4v) is 5.17. The zero-order valence-electron chi connectivity index (χ0n) is 16.8. The smallest absolute Gasteiger partial charge is 0.314 e. The van der Waals surface area contributed by atoms with E-state index >= 15 is 0 Å². The average Bonchev–Trinajstić information content (AvgIpc) is 3.22. The molecular formula is C20H28N2O5S. The van der Waals surface area contributed by atoms with E-state index in [4.69, 9.17) is 4.74 Å². The van der Waals surface area contributed by atoms with Crippen molar-refractivity contribution in [3.8, 4) is 0 Å². The quantitative estimate of drug-likeness (QED) is 0.675. The van der Waals surface area contributed by atoms with Gasteiger partial charge >= 0.3 is 5.97 Å². The minimum absolute atomic E-state index is 0.0419. The van der Waals surface area contributed by atoms with E-state index in [1.807, 2.05) is 11.8 Å². The molecule has 0 unspecified atom stereocenters. The third-order valence-corrected chi connectivity index (χ3v) is 7.47. The van der Waals surface area contributed by atoms with Crippen LogP contribution in [0.3, 0.4) is 0 Å². The Morgan fingerprint density at radius 3 is 2.39 bits per heavy atom. The molecule has 28 heavy (non-hydrogen) atoms. The maximum Gasteiger partial charge on any atom is 0.314 e. The molecule has 1 aromatic carbocycles. The van der Waals surface area contributed by atoms with Crippen molar-refractivity contribution in [1.82, 2.24) is 4.90 Å². The maximum atomic E-state index is 13.2. The van der Waals surface area contributed by atoms with Crippen LogP contribution in [0.1, 0.15) is 49.9 Å². The largest absolute Gasteiger partial charge is 0.466 e. The molecule has 3 rings (SSSR count). The van der Waals surface area contributed by atoms with E-state index in [1.165, 1.54) is 11.4 Å². The summed E-state index contributed by atoms with van der Waals surface area (Å²) in [4.78, 5) is 27.8. The molecule has 0 saturated carbocycles. The third-order valence-electron chi connectivity index (χ3n) is 6.26. The lowest BCUT2D eigenvalue weighted by Gasteiger charge is -2.34. The Hall–Kier alpha value is -2.09. The summed E-state index contributed by atoms with van der Waals surface area (Å²) >= 11 is 0. The zero-order valence-corrected chi connectivity index (χ0v) is 17.7. The molecule has 8 heteroatoms. The Morgan fingerprint density at radius 2 is 1.86 bits per heavy atom. The van der Waals surface area contributed by atoms with E-state index < -0.39 is 15.4 Å². The summed E-state index contributed by atoms with van der Waals surface area (Å²) in [7, 11) is -1.89. The van der Waals surface area contributed by atoms with Gasteiger partial charge in [0.15, 0.2) is 0 Å². The monoisotopic (exact) mass is 408 g/mol. The topological polar surface area (TPSA) is 84.0 Å². The molecule has 7 nitrogen and oxygen atoms in total. The van der Waals surface area contributed by atoms with Gasteiger partial charge in [-0.05, 0) is 56.9 Å². The Balaban J connectivity index is 1.84. The summed E-state index contributed by atoms with van der Waals surface area (Å²) < 4.78 is 29.9. The van der Waals surface area contributed by atoms with Crippen LogP contribution in [-0.4, -0.2) is 57.2 Å². The number of carbonyl (C=O) groups is 2. The molecular weight excluding hydrogens is 380 g/mol. The average molecular weight is 409 g/mol. The highest BCUT2D eigenvalue weighted by molar-refractivity contribution is 7.92. The minimum Gasteiger partial charge on any atom is -0.466 e. The van der Waals surface area contributed by atoms with Crippen molar-refractivity contribution >= 4 is 27.6 Å². The van der Waals surface area contributed by atoms with Crippen molar-refractivity contribution in [1.29, 1.82) is 0 Å². The number of fused-ring (bicyclic) bond motifs is 2. The normalized spacial score (nSPS) is 26.4. The number of sulfonamides is 1. The first kappa shape index (κ1) is 20.6. The van der Waals surface area contributed by atoms with Gasteiger partial charge in [0.2, 0.25) is 10.0 Å². The predicted octanol–water partition coefficient (Wildman–Crippen LogP) is 2.42. The van der Waals surface area contributed by atoms with Crippen molar-refractivity contribution in [2.24, 2.45) is 5.41 Å². The van der Waals surface area contributed by atoms with Gasteiger partial charge in [-0.2, -0.15) is 0 Å². The number of anilines is 1. The van der Waals surface area contributed by atoms with Crippen molar-refractivity contribution in [2.75, 3.05) is 24.2 Å². The summed E-state index contributed by atoms with van der Waals surface area (Å²) in [5, 5.41) is 0. The van der Waals surface area contributed by atoms with Gasteiger partial charge in [0, 0.05) is 24.7 Å². The minimum atomic E-state index is -3.36. The van der Waals surface area contributed by atoms with Gasteiger partial charge in [0.25, 0.3) is 5.91 Å². The molecule has 2 aliphatic heterocycles. The molecule has 0 aromatic heterocycles. The molecule has 2 saturated heterocycles. The lowest BCUT2D eigenvalue weighted by molar-refractivity contribution is -0.157. The van der Waals surface area contributed by atoms with Crippen LogP contribution in [0.5, 0.6) is 0 Å². The number of hydrogen-bond donors (Lipinski definition) is 0. The third kappa shape index (κ3) is 3.27. The highest BCUT2D eigenvalue weighted by atomic mass is 32.2. The second kappa shape index (κ2) is 7.39. The second-order valence-electron chi connectivity index (χ2n) is 7.67. The van der Waals surface area contributed by atoms with E-state index in [9.17, 15) is 18.0 Å². The van der Waals surface area contributed by atoms with Crippen LogP contribution < -0.4 is 4.31 Å². The summed E-state index contributed by atoms with van der Waals surface area (Å²) in [6, 6.07) is 6.45. The molecule has 0 aliphatic carbocycles. The van der Waals surface area contributed by atoms with E-state index in [0.717, 1.165) is 19.1 Å². The number of esters is 1. The number of hydrogen-bond acceptors (Lipinski definition) is 5. The van der Waals surface area contributed by atoms with Crippen LogP contribution in [-0.2, 0) is 19.6 Å². The molecule has 1 amide bonds. The van der Waals surface area contributed by atoms with Gasteiger partial charge < -0.3 is 9.64 Å². The number of nitrogens with zero attached hydrogens (tertiary/aromatic N) is 2. The second-order valence-corrected chi connectivity index (χ2v) is 9.68. The van der Waals surface area contributed by atoms with E-state index in [2.05, 4.69) is 0 Å². The number of rotatable bonds is 6. The molecule has 2 bridgehead atoms. The Bertz CT molecular complexity index is 867. The first-order valence-electron chi connectivity index (χ1n) is 9.69. The summed E-state index contributed by atoms with van der Waals surface area (Å²) in [5.74, 6) is -0.312. The lowest BCUT2D eigenvalue weighted by Crippen LogP contribution is -2.45. The first-order valence-corrected chi connectivity index (χ1v) is 11.5. The van der Waals surface area contributed by atoms with Gasteiger partial charge in [-0.1, -0.05) is 6.92 Å². The predicted molar refractivity (Wildman–Crippen MR) is 107 cm³/mol. The Kier molecular flexibility index (Phi) is 5.44. The summed E-state index contributed by atoms with van der Waals surface area (Å²) in [6.45, 7) is 4.11. The van der Waals surface area contributed by atoms with Crippen molar-refractivity contribution in [3.05, 3.63) is 29.8 Å². The van der Waals surface area contributed by atoms with Crippen LogP contribution in [0.2, 0.25) is 0 Å². The van der Waals surface area contributed by atoms with Gasteiger partial charge in [-0.15, -0.1) is 0 Å². The number of ether oxygens (including phenoxy) is 1. The van der Waals surface area contributed by atoms with Crippen molar-refractivity contribution in [2.45, 2.75) is 51.6 Å². The van der Waals surface area contributed by atoms with Crippen LogP contribution in [0.4, 0.5) is 5.69 Å². The maximum absolute atomic E-state index is 13.2. The molecule has 0 radical (unpaired) electrons. The number of amides is 1. The fraction of sp³-hybridized carbons (Fsp3) is 0.600. The summed E-state index contributed by atoms with van der Waals surface area (Å²) in [5.41, 5.74) is 0.376. The molecule has 154 valence electrons. The van der Waals surface area contributed by atoms with Crippen LogP contribution in [0, 0.1) is 5.41 Å². The Labute approximate surface area is 166 Å².